The van der Waals surface area contributed by atoms with Gasteiger partial charge in [-0.15, -0.1) is 0 Å². The van der Waals surface area contributed by atoms with Crippen molar-refractivity contribution in [2.75, 3.05) is 0 Å². The van der Waals surface area contributed by atoms with Gasteiger partial charge in [0.2, 0.25) is 5.78 Å². The van der Waals surface area contributed by atoms with E-state index in [1.165, 1.54) is 0 Å². The van der Waals surface area contributed by atoms with Crippen LogP contribution in [0.4, 0.5) is 0 Å². The number of nitrogens with zero attached hydrogens (tertiary/aromatic N) is 4. The van der Waals surface area contributed by atoms with Gasteiger partial charge in [0.1, 0.15) is 0 Å². The fourth-order valence-corrected chi connectivity index (χ4v) is 1.82. The van der Waals surface area contributed by atoms with Gasteiger partial charge in [-0.1, -0.05) is 0 Å². The van der Waals surface area contributed by atoms with Crippen LogP contribution in [0.1, 0.15) is 16.2 Å². The second kappa shape index (κ2) is 4.03. The molecule has 18 heavy (non-hydrogen) atoms. The van der Waals surface area contributed by atoms with Crippen LogP contribution in [0.3, 0.4) is 0 Å². The SMILES string of the molecule is Cn1ccnc1C(=O)c1ccc2nccnc2c1. The van der Waals surface area contributed by atoms with Gasteiger partial charge in [0.25, 0.3) is 0 Å². The Kier molecular flexibility index (Phi) is 2.37. The molecule has 0 fully saturated rings. The Hall–Kier alpha value is -2.56. The Morgan fingerprint density at radius 3 is 2.56 bits per heavy atom. The summed E-state index contributed by atoms with van der Waals surface area (Å²) in [4.78, 5) is 24.6. The lowest BCUT2D eigenvalue weighted by molar-refractivity contribution is 0.102. The summed E-state index contributed by atoms with van der Waals surface area (Å²) in [5, 5.41) is 0. The highest BCUT2D eigenvalue weighted by atomic mass is 16.1. The molecule has 88 valence electrons. The highest BCUT2D eigenvalue weighted by Crippen LogP contribution is 2.13. The van der Waals surface area contributed by atoms with Gasteiger partial charge >= 0.3 is 0 Å². The van der Waals surface area contributed by atoms with Crippen molar-refractivity contribution in [1.82, 2.24) is 19.5 Å². The molecule has 3 rings (SSSR count). The molecule has 0 amide bonds. The van der Waals surface area contributed by atoms with Crippen LogP contribution >= 0.6 is 0 Å². The first-order valence-corrected chi connectivity index (χ1v) is 5.48. The molecule has 3 aromatic rings. The Morgan fingerprint density at radius 2 is 1.83 bits per heavy atom. The molecule has 0 bridgehead atoms. The maximum atomic E-state index is 12.2. The zero-order valence-corrected chi connectivity index (χ0v) is 9.74. The van der Waals surface area contributed by atoms with Crippen molar-refractivity contribution >= 4 is 16.8 Å². The molecule has 0 spiro atoms. The number of hydrogen-bond donors (Lipinski definition) is 0. The first-order valence-electron chi connectivity index (χ1n) is 5.48. The first kappa shape index (κ1) is 10.6. The van der Waals surface area contributed by atoms with Gasteiger partial charge in [-0.2, -0.15) is 0 Å². The van der Waals surface area contributed by atoms with Gasteiger partial charge in [0.15, 0.2) is 5.82 Å². The molecule has 0 aliphatic carbocycles. The van der Waals surface area contributed by atoms with E-state index in [2.05, 4.69) is 15.0 Å². The summed E-state index contributed by atoms with van der Waals surface area (Å²) in [5.74, 6) is 0.299. The monoisotopic (exact) mass is 238 g/mol. The highest BCUT2D eigenvalue weighted by Gasteiger charge is 2.14. The van der Waals surface area contributed by atoms with Gasteiger partial charge in [0.05, 0.1) is 11.0 Å². The fourth-order valence-electron chi connectivity index (χ4n) is 1.82. The molecule has 0 saturated carbocycles. The van der Waals surface area contributed by atoms with Crippen LogP contribution in [0.2, 0.25) is 0 Å². The number of fused-ring (bicyclic) bond motifs is 1. The number of benzene rings is 1. The molecule has 5 heteroatoms. The number of carbonyl (C=O) groups is 1. The van der Waals surface area contributed by atoms with Crippen LogP contribution in [0, 0.1) is 0 Å². The normalized spacial score (nSPS) is 10.7. The largest absolute Gasteiger partial charge is 0.331 e. The molecule has 0 saturated heterocycles. The Labute approximate surface area is 103 Å². The molecular formula is C13H10N4O. The minimum atomic E-state index is -0.116. The standard InChI is InChI=1S/C13H10N4O/c1-17-7-6-16-13(17)12(18)9-2-3-10-11(8-9)15-5-4-14-10/h2-8H,1H3. The van der Waals surface area contributed by atoms with Gasteiger partial charge in [-0.05, 0) is 18.2 Å². The highest BCUT2D eigenvalue weighted by molar-refractivity contribution is 6.08. The van der Waals surface area contributed by atoms with E-state index in [9.17, 15) is 4.79 Å². The third kappa shape index (κ3) is 1.66. The second-order valence-electron chi connectivity index (χ2n) is 3.95. The van der Waals surface area contributed by atoms with E-state index >= 15 is 0 Å². The van der Waals surface area contributed by atoms with Gasteiger partial charge in [0, 0.05) is 37.4 Å². The summed E-state index contributed by atoms with van der Waals surface area (Å²) in [6.45, 7) is 0. The quantitative estimate of drug-likeness (QED) is 0.636. The van der Waals surface area contributed by atoms with Gasteiger partial charge in [-0.25, -0.2) is 4.98 Å². The predicted molar refractivity (Wildman–Crippen MR) is 66.2 cm³/mol. The van der Waals surface area contributed by atoms with Crippen molar-refractivity contribution in [2.24, 2.45) is 7.05 Å². The number of rotatable bonds is 2. The van der Waals surface area contributed by atoms with E-state index in [-0.39, 0.29) is 5.78 Å². The third-order valence-corrected chi connectivity index (χ3v) is 2.76. The Morgan fingerprint density at radius 1 is 1.06 bits per heavy atom. The molecule has 2 aromatic heterocycles. The van der Waals surface area contributed by atoms with Crippen molar-refractivity contribution < 1.29 is 4.79 Å². The van der Waals surface area contributed by atoms with Crippen LogP contribution in [0.15, 0.2) is 43.0 Å². The lowest BCUT2D eigenvalue weighted by Gasteiger charge is -2.02. The number of aromatic nitrogens is 4. The minimum Gasteiger partial charge on any atom is -0.331 e. The molecular weight excluding hydrogens is 228 g/mol. The summed E-state index contributed by atoms with van der Waals surface area (Å²) in [5.41, 5.74) is 2.05. The van der Waals surface area contributed by atoms with Crippen molar-refractivity contribution in [3.63, 3.8) is 0 Å². The molecule has 0 N–H and O–H groups in total. The summed E-state index contributed by atoms with van der Waals surface area (Å²) in [6.07, 6.45) is 6.59. The van der Waals surface area contributed by atoms with E-state index in [0.717, 1.165) is 5.52 Å². The predicted octanol–water partition coefficient (Wildman–Crippen LogP) is 1.59. The van der Waals surface area contributed by atoms with Crippen LogP contribution in [-0.2, 0) is 7.05 Å². The smallest absolute Gasteiger partial charge is 0.228 e. The number of carbonyl (C=O) groups excluding carboxylic acids is 1. The molecule has 0 radical (unpaired) electrons. The minimum absolute atomic E-state index is 0.116. The molecule has 5 nitrogen and oxygen atoms in total. The Bertz CT molecular complexity index is 732. The number of aryl methyl sites for hydroxylation is 1. The summed E-state index contributed by atoms with van der Waals surface area (Å²) >= 11 is 0. The van der Waals surface area contributed by atoms with Crippen molar-refractivity contribution in [3.05, 3.63) is 54.4 Å². The molecule has 1 aromatic carbocycles. The zero-order chi connectivity index (χ0) is 12.5. The zero-order valence-electron chi connectivity index (χ0n) is 9.74. The van der Waals surface area contributed by atoms with Gasteiger partial charge < -0.3 is 4.57 Å². The van der Waals surface area contributed by atoms with Crippen molar-refractivity contribution in [3.8, 4) is 0 Å². The average molecular weight is 238 g/mol. The summed E-state index contributed by atoms with van der Waals surface area (Å²) in [7, 11) is 1.79. The number of hydrogen-bond acceptors (Lipinski definition) is 4. The van der Waals surface area contributed by atoms with E-state index in [0.29, 0.717) is 16.9 Å². The molecule has 2 heterocycles. The third-order valence-electron chi connectivity index (χ3n) is 2.76. The summed E-state index contributed by atoms with van der Waals surface area (Å²) in [6, 6.07) is 5.27. The average Bonchev–Trinajstić information content (AvgIpc) is 2.83. The molecule has 0 aliphatic heterocycles. The van der Waals surface area contributed by atoms with Crippen LogP contribution in [0.5, 0.6) is 0 Å². The van der Waals surface area contributed by atoms with E-state index in [1.807, 2.05) is 0 Å². The molecule has 0 aliphatic rings. The van der Waals surface area contributed by atoms with E-state index in [4.69, 9.17) is 0 Å². The molecule has 0 atom stereocenters. The first-order chi connectivity index (χ1) is 8.75. The van der Waals surface area contributed by atoms with Gasteiger partial charge in [-0.3, -0.25) is 14.8 Å². The van der Waals surface area contributed by atoms with E-state index < -0.39 is 0 Å². The van der Waals surface area contributed by atoms with Crippen LogP contribution < -0.4 is 0 Å². The maximum Gasteiger partial charge on any atom is 0.228 e. The topological polar surface area (TPSA) is 60.7 Å². The van der Waals surface area contributed by atoms with E-state index in [1.54, 1.807) is 54.6 Å². The number of imidazole rings is 1. The summed E-state index contributed by atoms with van der Waals surface area (Å²) < 4.78 is 1.70. The van der Waals surface area contributed by atoms with Crippen LogP contribution in [-0.4, -0.2) is 25.3 Å². The number of ketones is 1. The Balaban J connectivity index is 2.10. The van der Waals surface area contributed by atoms with Crippen molar-refractivity contribution in [1.29, 1.82) is 0 Å². The fraction of sp³-hybridized carbons (Fsp3) is 0.0769. The van der Waals surface area contributed by atoms with Crippen LogP contribution in [0.25, 0.3) is 11.0 Å². The molecule has 0 unspecified atom stereocenters. The van der Waals surface area contributed by atoms with Crippen molar-refractivity contribution in [2.45, 2.75) is 0 Å². The lowest BCUT2D eigenvalue weighted by Crippen LogP contribution is -2.08. The maximum absolute atomic E-state index is 12.2. The lowest BCUT2D eigenvalue weighted by atomic mass is 10.1. The second-order valence-corrected chi connectivity index (χ2v) is 3.95.